The third kappa shape index (κ3) is 1.98. The smallest absolute Gasteiger partial charge is 0.307 e. The van der Waals surface area contributed by atoms with E-state index in [1.165, 1.54) is 0 Å². The number of rotatable bonds is 2. The van der Waals surface area contributed by atoms with E-state index in [-0.39, 0.29) is 11.1 Å². The first kappa shape index (κ1) is 9.99. The van der Waals surface area contributed by atoms with Gasteiger partial charge < -0.3 is 10.2 Å². The predicted octanol–water partition coefficient (Wildman–Crippen LogP) is 1.03. The van der Waals surface area contributed by atoms with E-state index in [4.69, 9.17) is 15.5 Å². The number of carboxylic acid groups (broad SMARTS) is 1. The Kier molecular flexibility index (Phi) is 2.67. The van der Waals surface area contributed by atoms with Crippen molar-refractivity contribution in [1.82, 2.24) is 0 Å². The maximum Gasteiger partial charge on any atom is 0.307 e. The molecule has 0 radical (unpaired) electrons. The molecule has 0 amide bonds. The zero-order valence-corrected chi connectivity index (χ0v) is 6.99. The Morgan fingerprint density at radius 2 is 2.21 bits per heavy atom. The molecule has 0 aromatic heterocycles. The number of phenolic OH excluding ortho intramolecular Hbond substituents is 1. The average molecular weight is 195 g/mol. The summed E-state index contributed by atoms with van der Waals surface area (Å²) in [4.78, 5) is 10.3. The topological polar surface area (TPSA) is 81.3 Å². The summed E-state index contributed by atoms with van der Waals surface area (Å²) in [5.41, 5.74) is 0.0154. The monoisotopic (exact) mass is 195 g/mol. The first-order valence-electron chi connectivity index (χ1n) is 3.68. The lowest BCUT2D eigenvalue weighted by atomic mass is 10.0. The highest BCUT2D eigenvalue weighted by atomic mass is 19.1. The molecule has 0 bridgehead atoms. The van der Waals surface area contributed by atoms with Crippen molar-refractivity contribution in [2.24, 2.45) is 0 Å². The van der Waals surface area contributed by atoms with E-state index in [9.17, 15) is 9.18 Å². The van der Waals surface area contributed by atoms with Crippen molar-refractivity contribution < 1.29 is 19.4 Å². The second-order valence-electron chi connectivity index (χ2n) is 2.64. The Labute approximate surface area is 78.8 Å². The average Bonchev–Trinajstić information content (AvgIpc) is 2.10. The van der Waals surface area contributed by atoms with Crippen molar-refractivity contribution in [2.75, 3.05) is 0 Å². The van der Waals surface area contributed by atoms with Crippen LogP contribution in [0.25, 0.3) is 0 Å². The Morgan fingerprint density at radius 3 is 2.71 bits per heavy atom. The number of aromatic hydroxyl groups is 1. The molecule has 0 saturated carbocycles. The third-order valence-corrected chi connectivity index (χ3v) is 1.63. The molecular weight excluding hydrogens is 189 g/mol. The highest BCUT2D eigenvalue weighted by Crippen LogP contribution is 2.20. The normalized spacial score (nSPS) is 9.43. The van der Waals surface area contributed by atoms with Crippen molar-refractivity contribution in [3.05, 3.63) is 29.1 Å². The van der Waals surface area contributed by atoms with Crippen LogP contribution in [0.3, 0.4) is 0 Å². The van der Waals surface area contributed by atoms with Crippen molar-refractivity contribution in [3.63, 3.8) is 0 Å². The summed E-state index contributed by atoms with van der Waals surface area (Å²) in [7, 11) is 0. The van der Waals surface area contributed by atoms with Crippen LogP contribution in [0.1, 0.15) is 11.1 Å². The number of hydrogen-bond acceptors (Lipinski definition) is 3. The lowest BCUT2D eigenvalue weighted by molar-refractivity contribution is -0.136. The van der Waals surface area contributed by atoms with Crippen LogP contribution in [-0.4, -0.2) is 16.2 Å². The number of aliphatic carboxylic acids is 1. The van der Waals surface area contributed by atoms with Gasteiger partial charge in [-0.15, -0.1) is 0 Å². The third-order valence-electron chi connectivity index (χ3n) is 1.63. The van der Waals surface area contributed by atoms with E-state index < -0.39 is 24.0 Å². The van der Waals surface area contributed by atoms with Crippen LogP contribution in [0.4, 0.5) is 4.39 Å². The molecule has 14 heavy (non-hydrogen) atoms. The Balaban J connectivity index is 3.22. The van der Waals surface area contributed by atoms with E-state index in [2.05, 4.69) is 0 Å². The Morgan fingerprint density at radius 1 is 1.57 bits per heavy atom. The number of carbonyl (C=O) groups is 1. The van der Waals surface area contributed by atoms with Gasteiger partial charge in [0.2, 0.25) is 0 Å². The van der Waals surface area contributed by atoms with Crippen LogP contribution in [0.5, 0.6) is 5.75 Å². The van der Waals surface area contributed by atoms with Gasteiger partial charge in [0, 0.05) is 6.07 Å². The van der Waals surface area contributed by atoms with Crippen molar-refractivity contribution in [2.45, 2.75) is 6.42 Å². The molecule has 0 aliphatic carbocycles. The largest absolute Gasteiger partial charge is 0.505 e. The maximum atomic E-state index is 12.8. The molecule has 1 rings (SSSR count). The molecule has 72 valence electrons. The fourth-order valence-corrected chi connectivity index (χ4v) is 1.02. The summed E-state index contributed by atoms with van der Waals surface area (Å²) in [6.07, 6.45) is -0.444. The fourth-order valence-electron chi connectivity index (χ4n) is 1.02. The lowest BCUT2D eigenvalue weighted by Gasteiger charge is -2.02. The van der Waals surface area contributed by atoms with Crippen LogP contribution >= 0.6 is 0 Å². The van der Waals surface area contributed by atoms with Crippen LogP contribution in [0.2, 0.25) is 0 Å². The van der Waals surface area contributed by atoms with Gasteiger partial charge in [-0.1, -0.05) is 0 Å². The van der Waals surface area contributed by atoms with Gasteiger partial charge in [-0.3, -0.25) is 4.79 Å². The van der Waals surface area contributed by atoms with Crippen LogP contribution in [0, 0.1) is 17.1 Å². The summed E-state index contributed by atoms with van der Waals surface area (Å²) in [6.45, 7) is 0. The molecule has 0 fully saturated rings. The van der Waals surface area contributed by atoms with Crippen molar-refractivity contribution in [3.8, 4) is 11.8 Å². The summed E-state index contributed by atoms with van der Waals surface area (Å²) < 4.78 is 12.8. The van der Waals surface area contributed by atoms with Gasteiger partial charge >= 0.3 is 5.97 Å². The van der Waals surface area contributed by atoms with Crippen molar-refractivity contribution >= 4 is 5.97 Å². The first-order valence-corrected chi connectivity index (χ1v) is 3.68. The second kappa shape index (κ2) is 3.75. The molecule has 0 aliphatic heterocycles. The van der Waals surface area contributed by atoms with Gasteiger partial charge in [0.1, 0.15) is 0 Å². The number of nitrogens with zero attached hydrogens (tertiary/aromatic N) is 1. The highest BCUT2D eigenvalue weighted by Gasteiger charge is 2.11. The number of phenols is 1. The van der Waals surface area contributed by atoms with Gasteiger partial charge in [0.15, 0.2) is 11.6 Å². The minimum Gasteiger partial charge on any atom is -0.505 e. The maximum absolute atomic E-state index is 12.8. The zero-order chi connectivity index (χ0) is 10.7. The van der Waals surface area contributed by atoms with Crippen molar-refractivity contribution in [1.29, 1.82) is 5.26 Å². The van der Waals surface area contributed by atoms with E-state index in [1.807, 2.05) is 0 Å². The molecule has 0 heterocycles. The molecule has 0 unspecified atom stereocenters. The standard InChI is InChI=1S/C9H6FNO3/c10-7-1-5(3-9(13)14)6(4-11)2-8(7)12/h1-2,12H,3H2,(H,13,14). The van der Waals surface area contributed by atoms with Crippen LogP contribution in [-0.2, 0) is 11.2 Å². The van der Waals surface area contributed by atoms with E-state index >= 15 is 0 Å². The summed E-state index contributed by atoms with van der Waals surface area (Å²) in [6, 6.07) is 3.44. The molecular formula is C9H6FNO3. The molecule has 0 saturated heterocycles. The number of nitriles is 1. The number of hydrogen-bond donors (Lipinski definition) is 2. The molecule has 2 N–H and O–H groups in total. The molecule has 1 aromatic rings. The summed E-state index contributed by atoms with van der Waals surface area (Å²) >= 11 is 0. The quantitative estimate of drug-likeness (QED) is 0.738. The molecule has 0 spiro atoms. The van der Waals surface area contributed by atoms with Gasteiger partial charge in [0.05, 0.1) is 18.1 Å². The van der Waals surface area contributed by atoms with Crippen LogP contribution in [0.15, 0.2) is 12.1 Å². The minimum atomic E-state index is -1.16. The summed E-state index contributed by atoms with van der Waals surface area (Å²) in [5, 5.41) is 25.9. The van der Waals surface area contributed by atoms with E-state index in [1.54, 1.807) is 6.07 Å². The Hall–Kier alpha value is -2.09. The van der Waals surface area contributed by atoms with Gasteiger partial charge in [-0.05, 0) is 11.6 Å². The highest BCUT2D eigenvalue weighted by molar-refractivity contribution is 5.71. The lowest BCUT2D eigenvalue weighted by Crippen LogP contribution is -2.02. The minimum absolute atomic E-state index is 0.0358. The number of carboxylic acids is 1. The Bertz CT molecular complexity index is 423. The molecule has 0 aliphatic rings. The first-order chi connectivity index (χ1) is 6.54. The second-order valence-corrected chi connectivity index (χ2v) is 2.64. The molecule has 1 aromatic carbocycles. The van der Waals surface area contributed by atoms with Gasteiger partial charge in [0.25, 0.3) is 0 Å². The zero-order valence-electron chi connectivity index (χ0n) is 6.99. The van der Waals surface area contributed by atoms with Crippen LogP contribution < -0.4 is 0 Å². The van der Waals surface area contributed by atoms with E-state index in [0.29, 0.717) is 0 Å². The molecule has 4 nitrogen and oxygen atoms in total. The van der Waals surface area contributed by atoms with Gasteiger partial charge in [-0.25, -0.2) is 4.39 Å². The fraction of sp³-hybridized carbons (Fsp3) is 0.111. The predicted molar refractivity (Wildman–Crippen MR) is 44.1 cm³/mol. The molecule has 0 atom stereocenters. The van der Waals surface area contributed by atoms with E-state index in [0.717, 1.165) is 12.1 Å². The SMILES string of the molecule is N#Cc1cc(O)c(F)cc1CC(=O)O. The number of halogens is 1. The van der Waals surface area contributed by atoms with Gasteiger partial charge in [-0.2, -0.15) is 5.26 Å². The molecule has 5 heteroatoms. The number of benzene rings is 1. The summed E-state index contributed by atoms with van der Waals surface area (Å²) in [5.74, 6) is -2.75.